The lowest BCUT2D eigenvalue weighted by molar-refractivity contribution is -0.152. The van der Waals surface area contributed by atoms with E-state index in [2.05, 4.69) is 20.1 Å². The van der Waals surface area contributed by atoms with Gasteiger partial charge in [-0.05, 0) is 43.2 Å². The van der Waals surface area contributed by atoms with E-state index in [1.54, 1.807) is 6.07 Å². The summed E-state index contributed by atoms with van der Waals surface area (Å²) in [7, 11) is 0. The zero-order valence-electron chi connectivity index (χ0n) is 21.6. The molecule has 5 heterocycles. The molecule has 0 bridgehead atoms. The topological polar surface area (TPSA) is 87.8 Å². The molecule has 3 saturated heterocycles. The Morgan fingerprint density at radius 1 is 1.07 bits per heavy atom. The molecule has 0 N–H and O–H groups in total. The fourth-order valence-electron chi connectivity index (χ4n) is 5.47. The monoisotopic (exact) mass is 560 g/mol. The third-order valence-corrected chi connectivity index (χ3v) is 7.79. The number of hydrogen-bond donors (Lipinski definition) is 0. The maximum absolute atomic E-state index is 15.9. The van der Waals surface area contributed by atoms with E-state index in [4.69, 9.17) is 9.15 Å². The molecule has 0 radical (unpaired) electrons. The van der Waals surface area contributed by atoms with Gasteiger partial charge < -0.3 is 14.1 Å². The number of ether oxygens (including phenoxy) is 1. The van der Waals surface area contributed by atoms with Crippen molar-refractivity contribution in [3.8, 4) is 11.5 Å². The van der Waals surface area contributed by atoms with Gasteiger partial charge in [0.25, 0.3) is 11.8 Å². The van der Waals surface area contributed by atoms with Gasteiger partial charge in [-0.1, -0.05) is 6.07 Å². The molecule has 2 aromatic heterocycles. The molecule has 0 spiro atoms. The average molecular weight is 561 g/mol. The standard InChI is InChI=1S/C27H28F4N6O3/c28-18-2-1-3-21(10-18)37(12-19-5-4-17(11-32-19)24-33-34-25(40-24)23(29)30)26(38)27(31)15-36(16-27)22-13-35(14-22)20-6-8-39-9-7-20/h1-5,10-11,20,22-23H,6-9,12-16H2. The molecular formula is C27H28F4N6O3. The first-order valence-corrected chi connectivity index (χ1v) is 13.2. The van der Waals surface area contributed by atoms with Gasteiger partial charge in [0.2, 0.25) is 11.6 Å². The Hall–Kier alpha value is -3.42. The number of likely N-dealkylation sites (tertiary alicyclic amines) is 2. The second-order valence-corrected chi connectivity index (χ2v) is 10.5. The summed E-state index contributed by atoms with van der Waals surface area (Å²) in [6.45, 7) is 3.04. The van der Waals surface area contributed by atoms with Crippen LogP contribution >= 0.6 is 0 Å². The molecular weight excluding hydrogens is 532 g/mol. The Kier molecular flexibility index (Phi) is 7.27. The van der Waals surface area contributed by atoms with Crippen LogP contribution in [0.15, 0.2) is 47.0 Å². The molecule has 0 atom stereocenters. The molecule has 3 aromatic rings. The first kappa shape index (κ1) is 26.8. The lowest BCUT2D eigenvalue weighted by Gasteiger charge is -2.55. The number of rotatable bonds is 8. The van der Waals surface area contributed by atoms with Gasteiger partial charge in [0.05, 0.1) is 17.8 Å². The second kappa shape index (κ2) is 10.9. The van der Waals surface area contributed by atoms with Crippen LogP contribution in [0.25, 0.3) is 11.5 Å². The number of carbonyl (C=O) groups excluding carboxylic acids is 1. The predicted octanol–water partition coefficient (Wildman–Crippen LogP) is 3.63. The summed E-state index contributed by atoms with van der Waals surface area (Å²) in [6, 6.07) is 9.17. The Balaban J connectivity index is 1.13. The van der Waals surface area contributed by atoms with Crippen molar-refractivity contribution in [2.75, 3.05) is 44.3 Å². The van der Waals surface area contributed by atoms with Crippen LogP contribution in [0.4, 0.5) is 23.2 Å². The summed E-state index contributed by atoms with van der Waals surface area (Å²) in [5, 5.41) is 6.89. The molecule has 1 aromatic carbocycles. The quantitative estimate of drug-likeness (QED) is 0.386. The summed E-state index contributed by atoms with van der Waals surface area (Å²) in [4.78, 5) is 23.4. The van der Waals surface area contributed by atoms with E-state index >= 15 is 4.39 Å². The molecule has 9 nitrogen and oxygen atoms in total. The molecule has 212 valence electrons. The van der Waals surface area contributed by atoms with Crippen molar-refractivity contribution in [2.24, 2.45) is 0 Å². The van der Waals surface area contributed by atoms with Crippen molar-refractivity contribution < 1.29 is 31.5 Å². The highest BCUT2D eigenvalue weighted by Crippen LogP contribution is 2.35. The van der Waals surface area contributed by atoms with Crippen LogP contribution in [0.5, 0.6) is 0 Å². The Labute approximate surface area is 227 Å². The maximum atomic E-state index is 15.9. The van der Waals surface area contributed by atoms with Crippen molar-refractivity contribution in [1.82, 2.24) is 25.0 Å². The highest BCUT2D eigenvalue weighted by atomic mass is 19.3. The largest absolute Gasteiger partial charge is 0.415 e. The van der Waals surface area contributed by atoms with E-state index in [9.17, 15) is 18.0 Å². The summed E-state index contributed by atoms with van der Waals surface area (Å²) < 4.78 is 65.9. The number of benzene rings is 1. The van der Waals surface area contributed by atoms with E-state index in [0.717, 1.165) is 39.1 Å². The lowest BCUT2D eigenvalue weighted by atomic mass is 9.89. The molecule has 13 heteroatoms. The van der Waals surface area contributed by atoms with Gasteiger partial charge in [-0.2, -0.15) is 8.78 Å². The minimum absolute atomic E-state index is 0.0278. The fourth-order valence-corrected chi connectivity index (χ4v) is 5.47. The van der Waals surface area contributed by atoms with Gasteiger partial charge in [0.1, 0.15) is 5.82 Å². The van der Waals surface area contributed by atoms with Gasteiger partial charge in [0.15, 0.2) is 0 Å². The van der Waals surface area contributed by atoms with E-state index in [0.29, 0.717) is 17.3 Å². The number of amides is 1. The van der Waals surface area contributed by atoms with Crippen molar-refractivity contribution in [3.05, 3.63) is 60.0 Å². The molecule has 3 aliphatic rings. The van der Waals surface area contributed by atoms with Crippen LogP contribution in [-0.4, -0.2) is 88.0 Å². The number of pyridine rings is 1. The van der Waals surface area contributed by atoms with Crippen LogP contribution in [0.2, 0.25) is 0 Å². The van der Waals surface area contributed by atoms with Crippen molar-refractivity contribution in [3.63, 3.8) is 0 Å². The first-order valence-electron chi connectivity index (χ1n) is 13.2. The summed E-state index contributed by atoms with van der Waals surface area (Å²) in [6.07, 6.45) is 0.442. The summed E-state index contributed by atoms with van der Waals surface area (Å²) in [5.41, 5.74) is -1.22. The van der Waals surface area contributed by atoms with E-state index in [1.807, 2.05) is 4.90 Å². The van der Waals surface area contributed by atoms with Crippen LogP contribution in [0.1, 0.15) is 30.9 Å². The number of alkyl halides is 3. The molecule has 0 aliphatic carbocycles. The van der Waals surface area contributed by atoms with E-state index in [-0.39, 0.29) is 37.3 Å². The minimum Gasteiger partial charge on any atom is -0.415 e. The lowest BCUT2D eigenvalue weighted by Crippen LogP contribution is -2.74. The first-order chi connectivity index (χ1) is 19.3. The van der Waals surface area contributed by atoms with Gasteiger partial charge in [-0.3, -0.25) is 19.6 Å². The zero-order chi connectivity index (χ0) is 27.9. The molecule has 0 saturated carbocycles. The SMILES string of the molecule is O=C(N(Cc1ccc(-c2nnc(C(F)F)o2)cn1)c1cccc(F)c1)C1(F)CN(C2CN(C3CCOCC3)C2)C1. The number of hydrogen-bond acceptors (Lipinski definition) is 8. The third kappa shape index (κ3) is 5.32. The van der Waals surface area contributed by atoms with Crippen molar-refractivity contribution >= 4 is 11.6 Å². The molecule has 0 unspecified atom stereocenters. The number of aromatic nitrogens is 3. The summed E-state index contributed by atoms with van der Waals surface area (Å²) in [5.74, 6) is -2.26. The third-order valence-electron chi connectivity index (χ3n) is 7.79. The Morgan fingerprint density at radius 2 is 1.85 bits per heavy atom. The number of anilines is 1. The normalized spacial score (nSPS) is 20.3. The molecule has 3 aliphatic heterocycles. The minimum atomic E-state index is -2.90. The Morgan fingerprint density at radius 3 is 2.50 bits per heavy atom. The summed E-state index contributed by atoms with van der Waals surface area (Å²) >= 11 is 0. The highest BCUT2D eigenvalue weighted by Gasteiger charge is 2.55. The molecule has 3 fully saturated rings. The van der Waals surface area contributed by atoms with E-state index < -0.39 is 29.7 Å². The van der Waals surface area contributed by atoms with Crippen molar-refractivity contribution in [1.29, 1.82) is 0 Å². The fraction of sp³-hybridized carbons (Fsp3) is 0.481. The van der Waals surface area contributed by atoms with E-state index in [1.165, 1.54) is 41.4 Å². The van der Waals surface area contributed by atoms with Crippen LogP contribution in [-0.2, 0) is 16.1 Å². The molecule has 6 rings (SSSR count). The second-order valence-electron chi connectivity index (χ2n) is 10.5. The molecule has 1 amide bonds. The maximum Gasteiger partial charge on any atom is 0.314 e. The molecule has 40 heavy (non-hydrogen) atoms. The number of nitrogens with zero attached hydrogens (tertiary/aromatic N) is 6. The Bertz CT molecular complexity index is 1340. The van der Waals surface area contributed by atoms with Gasteiger partial charge in [-0.25, -0.2) is 8.78 Å². The average Bonchev–Trinajstić information content (AvgIpc) is 3.41. The zero-order valence-corrected chi connectivity index (χ0v) is 21.6. The van der Waals surface area contributed by atoms with Crippen LogP contribution < -0.4 is 4.90 Å². The van der Waals surface area contributed by atoms with Crippen LogP contribution in [0, 0.1) is 5.82 Å². The van der Waals surface area contributed by atoms with Gasteiger partial charge >= 0.3 is 6.43 Å². The predicted molar refractivity (Wildman–Crippen MR) is 135 cm³/mol. The van der Waals surface area contributed by atoms with Gasteiger partial charge in [-0.15, -0.1) is 10.2 Å². The van der Waals surface area contributed by atoms with Crippen LogP contribution in [0.3, 0.4) is 0 Å². The van der Waals surface area contributed by atoms with Crippen molar-refractivity contribution in [2.45, 2.75) is 43.6 Å². The smallest absolute Gasteiger partial charge is 0.314 e. The highest BCUT2D eigenvalue weighted by molar-refractivity contribution is 6.00. The number of carbonyl (C=O) groups is 1. The number of halogens is 4. The van der Waals surface area contributed by atoms with Gasteiger partial charge in [0, 0.05) is 63.4 Å².